The zero-order chi connectivity index (χ0) is 19.6. The van der Waals surface area contributed by atoms with Crippen LogP contribution in [0.5, 0.6) is 0 Å². The number of nitrogens with zero attached hydrogens (tertiary/aromatic N) is 3. The molecule has 0 radical (unpaired) electrons. The Labute approximate surface area is 157 Å². The molecule has 1 aromatic carbocycles. The van der Waals surface area contributed by atoms with E-state index in [-0.39, 0.29) is 41.9 Å². The summed E-state index contributed by atoms with van der Waals surface area (Å²) in [7, 11) is -3.73. The molecule has 1 aliphatic rings. The van der Waals surface area contributed by atoms with Crippen molar-refractivity contribution < 1.29 is 22.1 Å². The molecule has 2 heterocycles. The van der Waals surface area contributed by atoms with E-state index in [0.29, 0.717) is 30.8 Å². The summed E-state index contributed by atoms with van der Waals surface area (Å²) in [6.45, 7) is 4.42. The van der Waals surface area contributed by atoms with Gasteiger partial charge in [0.05, 0.1) is 6.42 Å². The molecule has 1 aliphatic heterocycles. The fourth-order valence-corrected chi connectivity index (χ4v) is 5.05. The fraction of sp³-hybridized carbons (Fsp3) is 0.444. The van der Waals surface area contributed by atoms with Gasteiger partial charge in [0.25, 0.3) is 0 Å². The Balaban J connectivity index is 1.69. The third-order valence-electron chi connectivity index (χ3n) is 4.62. The van der Waals surface area contributed by atoms with Crippen LogP contribution in [0.1, 0.15) is 23.4 Å². The molecule has 1 aromatic heterocycles. The molecule has 2 aromatic rings. The van der Waals surface area contributed by atoms with Gasteiger partial charge in [-0.1, -0.05) is 17.3 Å². The summed E-state index contributed by atoms with van der Waals surface area (Å²) < 4.78 is 45.5. The second kappa shape index (κ2) is 7.77. The SMILES string of the molecule is Cc1noc(C)c1S(=O)(=O)N1CCCN(C(=O)Cc2cccc(F)c2)CC1. The number of hydrogen-bond donors (Lipinski definition) is 0. The van der Waals surface area contributed by atoms with Gasteiger partial charge in [0, 0.05) is 26.2 Å². The average molecular weight is 395 g/mol. The number of hydrogen-bond acceptors (Lipinski definition) is 5. The van der Waals surface area contributed by atoms with Crippen LogP contribution in [-0.4, -0.2) is 54.9 Å². The van der Waals surface area contributed by atoms with E-state index in [9.17, 15) is 17.6 Å². The molecule has 1 amide bonds. The molecular weight excluding hydrogens is 373 g/mol. The minimum Gasteiger partial charge on any atom is -0.360 e. The summed E-state index contributed by atoms with van der Waals surface area (Å²) >= 11 is 0. The number of carbonyl (C=O) groups excluding carboxylic acids is 1. The highest BCUT2D eigenvalue weighted by Crippen LogP contribution is 2.24. The van der Waals surface area contributed by atoms with E-state index in [0.717, 1.165) is 0 Å². The molecule has 0 spiro atoms. The summed E-state index contributed by atoms with van der Waals surface area (Å²) in [6, 6.07) is 5.94. The van der Waals surface area contributed by atoms with E-state index in [1.54, 1.807) is 30.9 Å². The molecule has 1 fully saturated rings. The van der Waals surface area contributed by atoms with Crippen LogP contribution in [0.2, 0.25) is 0 Å². The lowest BCUT2D eigenvalue weighted by atomic mass is 10.1. The first-order valence-corrected chi connectivity index (χ1v) is 10.2. The first-order valence-electron chi connectivity index (χ1n) is 8.74. The van der Waals surface area contributed by atoms with Gasteiger partial charge in [-0.05, 0) is 38.0 Å². The topological polar surface area (TPSA) is 83.7 Å². The van der Waals surface area contributed by atoms with Crippen molar-refractivity contribution in [1.29, 1.82) is 0 Å². The van der Waals surface area contributed by atoms with Crippen LogP contribution >= 0.6 is 0 Å². The Bertz CT molecular complexity index is 922. The highest BCUT2D eigenvalue weighted by molar-refractivity contribution is 7.89. The van der Waals surface area contributed by atoms with Crippen molar-refractivity contribution in [1.82, 2.24) is 14.4 Å². The first kappa shape index (κ1) is 19.5. The molecule has 3 rings (SSSR count). The minimum atomic E-state index is -3.73. The maximum absolute atomic E-state index is 13.3. The smallest absolute Gasteiger partial charge is 0.248 e. The molecule has 0 bridgehead atoms. The van der Waals surface area contributed by atoms with Crippen molar-refractivity contribution in [3.05, 3.63) is 47.1 Å². The Morgan fingerprint density at radius 3 is 2.67 bits per heavy atom. The predicted octanol–water partition coefficient (Wildman–Crippen LogP) is 1.90. The standard InChI is InChI=1S/C18H22FN3O4S/c1-13-18(14(2)26-20-13)27(24,25)22-8-4-7-21(9-10-22)17(23)12-15-5-3-6-16(19)11-15/h3,5-6,11H,4,7-10,12H2,1-2H3. The third-order valence-corrected chi connectivity index (χ3v) is 6.76. The summed E-state index contributed by atoms with van der Waals surface area (Å²) in [5.41, 5.74) is 0.931. The van der Waals surface area contributed by atoms with E-state index in [2.05, 4.69) is 5.16 Å². The molecule has 0 unspecified atom stereocenters. The molecule has 27 heavy (non-hydrogen) atoms. The zero-order valence-electron chi connectivity index (χ0n) is 15.3. The molecule has 0 aliphatic carbocycles. The van der Waals surface area contributed by atoms with Gasteiger partial charge >= 0.3 is 0 Å². The highest BCUT2D eigenvalue weighted by Gasteiger charge is 2.32. The van der Waals surface area contributed by atoms with Crippen molar-refractivity contribution in [2.75, 3.05) is 26.2 Å². The number of carbonyl (C=O) groups is 1. The van der Waals surface area contributed by atoms with E-state index < -0.39 is 10.0 Å². The highest BCUT2D eigenvalue weighted by atomic mass is 32.2. The molecule has 9 heteroatoms. The van der Waals surface area contributed by atoms with Gasteiger partial charge in [0.15, 0.2) is 5.76 Å². The van der Waals surface area contributed by atoms with Gasteiger partial charge in [-0.2, -0.15) is 4.31 Å². The normalized spacial score (nSPS) is 16.3. The van der Waals surface area contributed by atoms with Gasteiger partial charge in [0.1, 0.15) is 16.4 Å². The van der Waals surface area contributed by atoms with Crippen molar-refractivity contribution >= 4 is 15.9 Å². The van der Waals surface area contributed by atoms with Gasteiger partial charge in [-0.25, -0.2) is 12.8 Å². The number of halogens is 1. The maximum Gasteiger partial charge on any atom is 0.248 e. The van der Waals surface area contributed by atoms with Crippen LogP contribution in [0.15, 0.2) is 33.7 Å². The van der Waals surface area contributed by atoms with Gasteiger partial charge in [0.2, 0.25) is 15.9 Å². The van der Waals surface area contributed by atoms with Crippen molar-refractivity contribution in [2.24, 2.45) is 0 Å². The molecule has 0 atom stereocenters. The average Bonchev–Trinajstić information content (AvgIpc) is 2.82. The summed E-state index contributed by atoms with van der Waals surface area (Å²) in [5.74, 6) is -0.263. The monoisotopic (exact) mass is 395 g/mol. The summed E-state index contributed by atoms with van der Waals surface area (Å²) in [4.78, 5) is 14.3. The zero-order valence-corrected chi connectivity index (χ0v) is 16.1. The van der Waals surface area contributed by atoms with Gasteiger partial charge in [-0.15, -0.1) is 0 Å². The minimum absolute atomic E-state index is 0.0916. The lowest BCUT2D eigenvalue weighted by Crippen LogP contribution is -2.38. The molecule has 7 nitrogen and oxygen atoms in total. The first-order chi connectivity index (χ1) is 12.8. The molecule has 0 N–H and O–H groups in total. The van der Waals surface area contributed by atoms with E-state index >= 15 is 0 Å². The lowest BCUT2D eigenvalue weighted by molar-refractivity contribution is -0.130. The van der Waals surface area contributed by atoms with Crippen molar-refractivity contribution in [3.63, 3.8) is 0 Å². The largest absolute Gasteiger partial charge is 0.360 e. The Hall–Kier alpha value is -2.26. The van der Waals surface area contributed by atoms with Crippen molar-refractivity contribution in [3.8, 4) is 0 Å². The second-order valence-corrected chi connectivity index (χ2v) is 8.47. The van der Waals surface area contributed by atoms with Crippen LogP contribution in [0.4, 0.5) is 4.39 Å². The van der Waals surface area contributed by atoms with E-state index in [1.807, 2.05) is 0 Å². The van der Waals surface area contributed by atoms with Crippen molar-refractivity contribution in [2.45, 2.75) is 31.6 Å². The predicted molar refractivity (Wildman–Crippen MR) is 96.0 cm³/mol. The third kappa shape index (κ3) is 4.19. The van der Waals surface area contributed by atoms with Crippen LogP contribution in [0.3, 0.4) is 0 Å². The van der Waals surface area contributed by atoms with Gasteiger partial charge in [-0.3, -0.25) is 4.79 Å². The Kier molecular flexibility index (Phi) is 5.61. The van der Waals surface area contributed by atoms with Crippen LogP contribution in [0, 0.1) is 19.7 Å². The molecular formula is C18H22FN3O4S. The van der Waals surface area contributed by atoms with Crippen LogP contribution in [0.25, 0.3) is 0 Å². The number of rotatable bonds is 4. The molecule has 0 saturated carbocycles. The summed E-state index contributed by atoms with van der Waals surface area (Å²) in [6.07, 6.45) is 0.617. The van der Waals surface area contributed by atoms with Gasteiger partial charge < -0.3 is 9.42 Å². The van der Waals surface area contributed by atoms with E-state index in [4.69, 9.17) is 4.52 Å². The number of sulfonamides is 1. The number of aromatic nitrogens is 1. The Morgan fingerprint density at radius 1 is 1.22 bits per heavy atom. The van der Waals surface area contributed by atoms with E-state index in [1.165, 1.54) is 16.4 Å². The second-order valence-electron chi connectivity index (χ2n) is 6.60. The molecule has 146 valence electrons. The quantitative estimate of drug-likeness (QED) is 0.790. The number of amides is 1. The van der Waals surface area contributed by atoms with Crippen LogP contribution in [-0.2, 0) is 21.2 Å². The lowest BCUT2D eigenvalue weighted by Gasteiger charge is -2.22. The Morgan fingerprint density at radius 2 is 2.00 bits per heavy atom. The van der Waals surface area contributed by atoms with Crippen LogP contribution < -0.4 is 0 Å². The maximum atomic E-state index is 13.3. The fourth-order valence-electron chi connectivity index (χ4n) is 3.29. The summed E-state index contributed by atoms with van der Waals surface area (Å²) in [5, 5.41) is 3.72. The number of benzene rings is 1. The molecule has 1 saturated heterocycles. The number of aryl methyl sites for hydroxylation is 2.